The first-order chi connectivity index (χ1) is 14.2. The van der Waals surface area contributed by atoms with Crippen LogP contribution in [-0.2, 0) is 9.53 Å². The van der Waals surface area contributed by atoms with E-state index in [1.165, 1.54) is 12.1 Å². The molecular weight excluding hydrogens is 409 g/mol. The van der Waals surface area contributed by atoms with Crippen molar-refractivity contribution in [3.05, 3.63) is 34.6 Å². The van der Waals surface area contributed by atoms with Gasteiger partial charge in [-0.3, -0.25) is 14.5 Å². The lowest BCUT2D eigenvalue weighted by atomic mass is 9.98. The van der Waals surface area contributed by atoms with Crippen LogP contribution in [0.4, 0.5) is 4.39 Å². The molecule has 2 amide bonds. The Bertz CT molecular complexity index is 773. The van der Waals surface area contributed by atoms with Crippen LogP contribution in [-0.4, -0.2) is 84.0 Å². The van der Waals surface area contributed by atoms with E-state index in [1.807, 2.05) is 18.7 Å². The Hall–Kier alpha value is -1.70. The normalized spacial score (nSPS) is 24.2. The third kappa shape index (κ3) is 5.13. The van der Waals surface area contributed by atoms with Crippen molar-refractivity contribution in [2.45, 2.75) is 45.9 Å². The Kier molecular flexibility index (Phi) is 7.37. The fourth-order valence-electron chi connectivity index (χ4n) is 4.46. The topological polar surface area (TPSA) is 53.1 Å². The van der Waals surface area contributed by atoms with Gasteiger partial charge >= 0.3 is 0 Å². The highest BCUT2D eigenvalue weighted by molar-refractivity contribution is 6.33. The fourth-order valence-corrected chi connectivity index (χ4v) is 4.71. The van der Waals surface area contributed by atoms with Gasteiger partial charge in [-0.2, -0.15) is 0 Å². The average molecular weight is 440 g/mol. The molecule has 1 aromatic carbocycles. The van der Waals surface area contributed by atoms with Gasteiger partial charge in [0, 0.05) is 39.3 Å². The lowest BCUT2D eigenvalue weighted by molar-refractivity contribution is -0.146. The van der Waals surface area contributed by atoms with E-state index in [2.05, 4.69) is 18.7 Å². The lowest BCUT2D eigenvalue weighted by Crippen LogP contribution is -2.60. The van der Waals surface area contributed by atoms with E-state index >= 15 is 0 Å². The van der Waals surface area contributed by atoms with Gasteiger partial charge in [0.1, 0.15) is 5.82 Å². The molecule has 0 N–H and O–H groups in total. The van der Waals surface area contributed by atoms with Gasteiger partial charge in [0.25, 0.3) is 5.91 Å². The van der Waals surface area contributed by atoms with Gasteiger partial charge in [0.2, 0.25) is 5.91 Å². The molecule has 3 rings (SSSR count). The molecule has 30 heavy (non-hydrogen) atoms. The zero-order chi connectivity index (χ0) is 22.0. The van der Waals surface area contributed by atoms with Gasteiger partial charge in [-0.05, 0) is 38.0 Å². The van der Waals surface area contributed by atoms with E-state index in [4.69, 9.17) is 16.3 Å². The molecule has 0 saturated carbocycles. The molecule has 0 bridgehead atoms. The summed E-state index contributed by atoms with van der Waals surface area (Å²) in [4.78, 5) is 31.9. The number of carbonyl (C=O) groups excluding carboxylic acids is 2. The second kappa shape index (κ2) is 9.62. The molecule has 3 atom stereocenters. The largest absolute Gasteiger partial charge is 0.373 e. The molecule has 166 valence electrons. The number of halogens is 2. The summed E-state index contributed by atoms with van der Waals surface area (Å²) in [5, 5.41) is 0.105. The Morgan fingerprint density at radius 2 is 1.63 bits per heavy atom. The van der Waals surface area contributed by atoms with Crippen LogP contribution in [0.15, 0.2) is 18.2 Å². The van der Waals surface area contributed by atoms with Crippen LogP contribution in [0.5, 0.6) is 0 Å². The number of ether oxygens (including phenoxy) is 1. The number of piperazine rings is 1. The summed E-state index contributed by atoms with van der Waals surface area (Å²) in [6.45, 7) is 11.5. The second-order valence-corrected chi connectivity index (χ2v) is 9.05. The third-order valence-electron chi connectivity index (χ3n) is 5.77. The standard InChI is InChI=1S/C22H31ClFN3O3/c1-14(2)20(27-12-15(3)30-16(4)13-27)22(29)26-9-7-25(8-10-26)21(28)18-6-5-17(24)11-19(18)23/h5-6,11,14-16,20H,7-10,12-13H2,1-4H3. The molecule has 0 radical (unpaired) electrons. The minimum absolute atomic E-state index is 0.0951. The van der Waals surface area contributed by atoms with Gasteiger partial charge in [-0.25, -0.2) is 4.39 Å². The van der Waals surface area contributed by atoms with Crippen LogP contribution in [0.1, 0.15) is 38.1 Å². The monoisotopic (exact) mass is 439 g/mol. The summed E-state index contributed by atoms with van der Waals surface area (Å²) in [6.07, 6.45) is 0.190. The Labute approximate surface area is 182 Å². The Morgan fingerprint density at radius 3 is 2.17 bits per heavy atom. The van der Waals surface area contributed by atoms with Crippen molar-refractivity contribution < 1.29 is 18.7 Å². The number of amides is 2. The molecule has 8 heteroatoms. The summed E-state index contributed by atoms with van der Waals surface area (Å²) < 4.78 is 19.1. The molecule has 1 aromatic rings. The highest BCUT2D eigenvalue weighted by atomic mass is 35.5. The molecule has 2 aliphatic heterocycles. The van der Waals surface area contributed by atoms with Crippen molar-refractivity contribution in [3.63, 3.8) is 0 Å². The second-order valence-electron chi connectivity index (χ2n) is 8.64. The van der Waals surface area contributed by atoms with Crippen molar-refractivity contribution in [1.82, 2.24) is 14.7 Å². The van der Waals surface area contributed by atoms with E-state index in [1.54, 1.807) is 4.90 Å². The van der Waals surface area contributed by atoms with E-state index in [0.717, 1.165) is 19.2 Å². The van der Waals surface area contributed by atoms with Gasteiger partial charge in [0.15, 0.2) is 0 Å². The third-order valence-corrected chi connectivity index (χ3v) is 6.08. The molecule has 0 spiro atoms. The summed E-state index contributed by atoms with van der Waals surface area (Å²) in [5.74, 6) is -0.423. The number of hydrogen-bond acceptors (Lipinski definition) is 4. The van der Waals surface area contributed by atoms with E-state index in [9.17, 15) is 14.0 Å². The molecule has 2 heterocycles. The van der Waals surface area contributed by atoms with Gasteiger partial charge < -0.3 is 14.5 Å². The minimum atomic E-state index is -0.474. The predicted molar refractivity (Wildman–Crippen MR) is 114 cm³/mol. The summed E-state index contributed by atoms with van der Waals surface area (Å²) in [7, 11) is 0. The number of morpholine rings is 1. The summed E-state index contributed by atoms with van der Waals surface area (Å²) in [6, 6.07) is 3.59. The van der Waals surface area contributed by atoms with Crippen molar-refractivity contribution >= 4 is 23.4 Å². The molecule has 2 aliphatic rings. The number of carbonyl (C=O) groups is 2. The Morgan fingerprint density at radius 1 is 1.07 bits per heavy atom. The van der Waals surface area contributed by atoms with Crippen LogP contribution < -0.4 is 0 Å². The first-order valence-corrected chi connectivity index (χ1v) is 11.0. The van der Waals surface area contributed by atoms with Crippen molar-refractivity contribution in [2.24, 2.45) is 5.92 Å². The van der Waals surface area contributed by atoms with Crippen LogP contribution in [0.2, 0.25) is 5.02 Å². The van der Waals surface area contributed by atoms with Crippen LogP contribution >= 0.6 is 11.6 Å². The van der Waals surface area contributed by atoms with E-state index < -0.39 is 5.82 Å². The van der Waals surface area contributed by atoms with Crippen molar-refractivity contribution in [1.29, 1.82) is 0 Å². The zero-order valence-electron chi connectivity index (χ0n) is 18.1. The molecule has 2 saturated heterocycles. The molecule has 0 aromatic heterocycles. The van der Waals surface area contributed by atoms with Crippen molar-refractivity contribution in [3.8, 4) is 0 Å². The summed E-state index contributed by atoms with van der Waals surface area (Å²) >= 11 is 6.04. The summed E-state index contributed by atoms with van der Waals surface area (Å²) in [5.41, 5.74) is 0.286. The smallest absolute Gasteiger partial charge is 0.255 e. The predicted octanol–water partition coefficient (Wildman–Crippen LogP) is 2.90. The maximum Gasteiger partial charge on any atom is 0.255 e. The van der Waals surface area contributed by atoms with Crippen LogP contribution in [0, 0.1) is 11.7 Å². The Balaban J connectivity index is 1.64. The lowest BCUT2D eigenvalue weighted by Gasteiger charge is -2.44. The first-order valence-electron chi connectivity index (χ1n) is 10.6. The molecule has 6 nitrogen and oxygen atoms in total. The highest BCUT2D eigenvalue weighted by Gasteiger charge is 2.37. The number of hydrogen-bond donors (Lipinski definition) is 0. The van der Waals surface area contributed by atoms with Gasteiger partial charge in [-0.1, -0.05) is 25.4 Å². The maximum atomic E-state index is 13.4. The van der Waals surface area contributed by atoms with E-state index in [-0.39, 0.29) is 46.6 Å². The maximum absolute atomic E-state index is 13.4. The fraction of sp³-hybridized carbons (Fsp3) is 0.636. The minimum Gasteiger partial charge on any atom is -0.373 e. The zero-order valence-corrected chi connectivity index (χ0v) is 18.9. The SMILES string of the molecule is CC1CN(C(C(=O)N2CCN(C(=O)c3ccc(F)cc3Cl)CC2)C(C)C)CC(C)O1. The molecule has 2 fully saturated rings. The van der Waals surface area contributed by atoms with E-state index in [0.29, 0.717) is 26.2 Å². The van der Waals surface area contributed by atoms with Gasteiger partial charge in [0.05, 0.1) is 28.8 Å². The molecular formula is C22H31ClFN3O3. The molecule has 3 unspecified atom stereocenters. The quantitative estimate of drug-likeness (QED) is 0.723. The molecule has 0 aliphatic carbocycles. The average Bonchev–Trinajstić information content (AvgIpc) is 2.66. The van der Waals surface area contributed by atoms with Crippen LogP contribution in [0.25, 0.3) is 0 Å². The number of benzene rings is 1. The number of rotatable bonds is 4. The first kappa shape index (κ1) is 23.0. The number of nitrogens with zero attached hydrogens (tertiary/aromatic N) is 3. The highest BCUT2D eigenvalue weighted by Crippen LogP contribution is 2.23. The van der Waals surface area contributed by atoms with Crippen LogP contribution in [0.3, 0.4) is 0 Å². The van der Waals surface area contributed by atoms with Crippen molar-refractivity contribution in [2.75, 3.05) is 39.3 Å². The van der Waals surface area contributed by atoms with Gasteiger partial charge in [-0.15, -0.1) is 0 Å².